The van der Waals surface area contributed by atoms with E-state index in [1.54, 1.807) is 4.90 Å². The predicted octanol–water partition coefficient (Wildman–Crippen LogP) is 2.47. The number of fused-ring (bicyclic) bond motifs is 1. The first kappa shape index (κ1) is 17.4. The van der Waals surface area contributed by atoms with Crippen LogP contribution in [0.3, 0.4) is 0 Å². The van der Waals surface area contributed by atoms with Gasteiger partial charge in [0.25, 0.3) is 0 Å². The van der Waals surface area contributed by atoms with Crippen LogP contribution in [0.1, 0.15) is 11.1 Å². The lowest BCUT2D eigenvalue weighted by molar-refractivity contribution is -0.132. The number of hydrogen-bond acceptors (Lipinski definition) is 4. The summed E-state index contributed by atoms with van der Waals surface area (Å²) in [7, 11) is 0. The summed E-state index contributed by atoms with van der Waals surface area (Å²) >= 11 is 0. The van der Waals surface area contributed by atoms with Crippen molar-refractivity contribution in [3.05, 3.63) is 65.7 Å². The standard InChI is InChI=1S/C21H22N2O4/c24-20(22-10-11-23-18(13-22)15-27-21(23)25)12-16-6-8-19(9-7-16)26-14-17-4-2-1-3-5-17/h1-9,18H,10-15H2/t18-/m0/s1. The molecule has 0 radical (unpaired) electrons. The van der Waals surface area contributed by atoms with E-state index in [-0.39, 0.29) is 18.0 Å². The third-order valence-electron chi connectivity index (χ3n) is 5.00. The molecule has 0 spiro atoms. The number of ether oxygens (including phenoxy) is 2. The van der Waals surface area contributed by atoms with E-state index < -0.39 is 0 Å². The highest BCUT2D eigenvalue weighted by molar-refractivity contribution is 5.79. The molecule has 1 atom stereocenters. The molecule has 2 aromatic carbocycles. The van der Waals surface area contributed by atoms with Crippen molar-refractivity contribution in [2.45, 2.75) is 19.1 Å². The Morgan fingerprint density at radius 3 is 2.59 bits per heavy atom. The molecule has 2 aliphatic rings. The second kappa shape index (κ2) is 7.70. The van der Waals surface area contributed by atoms with E-state index >= 15 is 0 Å². The number of carbonyl (C=O) groups excluding carboxylic acids is 2. The van der Waals surface area contributed by atoms with Crippen LogP contribution in [0, 0.1) is 0 Å². The molecule has 2 amide bonds. The lowest BCUT2D eigenvalue weighted by atomic mass is 10.1. The normalized spacial score (nSPS) is 18.8. The fourth-order valence-corrected chi connectivity index (χ4v) is 3.45. The summed E-state index contributed by atoms with van der Waals surface area (Å²) in [6, 6.07) is 17.6. The van der Waals surface area contributed by atoms with Crippen LogP contribution < -0.4 is 4.74 Å². The molecule has 27 heavy (non-hydrogen) atoms. The maximum absolute atomic E-state index is 12.6. The molecule has 0 unspecified atom stereocenters. The largest absolute Gasteiger partial charge is 0.489 e. The number of piperazine rings is 1. The maximum atomic E-state index is 12.6. The van der Waals surface area contributed by atoms with E-state index in [1.165, 1.54) is 0 Å². The van der Waals surface area contributed by atoms with Gasteiger partial charge in [-0.2, -0.15) is 0 Å². The summed E-state index contributed by atoms with van der Waals surface area (Å²) in [5.74, 6) is 0.859. The lowest BCUT2D eigenvalue weighted by Crippen LogP contribution is -2.54. The Kier molecular flexibility index (Phi) is 4.96. The maximum Gasteiger partial charge on any atom is 0.410 e. The number of hydrogen-bond donors (Lipinski definition) is 0. The highest BCUT2D eigenvalue weighted by Gasteiger charge is 2.38. The molecule has 0 N–H and O–H groups in total. The highest BCUT2D eigenvalue weighted by atomic mass is 16.6. The molecule has 6 heteroatoms. The first-order valence-electron chi connectivity index (χ1n) is 9.16. The third-order valence-corrected chi connectivity index (χ3v) is 5.00. The van der Waals surface area contributed by atoms with Crippen LogP contribution in [0.15, 0.2) is 54.6 Å². The SMILES string of the molecule is O=C(Cc1ccc(OCc2ccccc2)cc1)N1CCN2C(=O)OC[C@@H]2C1. The van der Waals surface area contributed by atoms with Crippen LogP contribution in [-0.4, -0.2) is 54.1 Å². The zero-order valence-corrected chi connectivity index (χ0v) is 15.0. The van der Waals surface area contributed by atoms with Crippen molar-refractivity contribution < 1.29 is 19.1 Å². The molecule has 6 nitrogen and oxygen atoms in total. The van der Waals surface area contributed by atoms with E-state index in [2.05, 4.69) is 0 Å². The summed E-state index contributed by atoms with van der Waals surface area (Å²) in [6.07, 6.45) is 0.0821. The molecule has 0 aliphatic carbocycles. The van der Waals surface area contributed by atoms with Crippen molar-refractivity contribution in [3.8, 4) is 5.75 Å². The fraction of sp³-hybridized carbons (Fsp3) is 0.333. The van der Waals surface area contributed by atoms with Gasteiger partial charge in [0.1, 0.15) is 19.0 Å². The van der Waals surface area contributed by atoms with Crippen molar-refractivity contribution in [2.75, 3.05) is 26.2 Å². The van der Waals surface area contributed by atoms with Crippen LogP contribution in [0.5, 0.6) is 5.75 Å². The summed E-state index contributed by atoms with van der Waals surface area (Å²) in [5.41, 5.74) is 2.07. The zero-order valence-electron chi connectivity index (χ0n) is 15.0. The predicted molar refractivity (Wildman–Crippen MR) is 99.3 cm³/mol. The van der Waals surface area contributed by atoms with Gasteiger partial charge in [0.15, 0.2) is 0 Å². The van der Waals surface area contributed by atoms with Crippen molar-refractivity contribution in [1.29, 1.82) is 0 Å². The molecule has 140 valence electrons. The monoisotopic (exact) mass is 366 g/mol. The van der Waals surface area contributed by atoms with Gasteiger partial charge in [-0.1, -0.05) is 42.5 Å². The number of amides is 2. The topological polar surface area (TPSA) is 59.1 Å². The Balaban J connectivity index is 1.29. The number of carbonyl (C=O) groups is 2. The van der Waals surface area contributed by atoms with E-state index in [0.717, 1.165) is 16.9 Å². The van der Waals surface area contributed by atoms with Crippen LogP contribution in [0.4, 0.5) is 4.79 Å². The van der Waals surface area contributed by atoms with Gasteiger partial charge < -0.3 is 14.4 Å². The third kappa shape index (κ3) is 4.05. The van der Waals surface area contributed by atoms with E-state index in [1.807, 2.05) is 59.5 Å². The van der Waals surface area contributed by atoms with E-state index in [4.69, 9.17) is 9.47 Å². The molecular formula is C21H22N2O4. The fourth-order valence-electron chi connectivity index (χ4n) is 3.45. The quantitative estimate of drug-likeness (QED) is 0.816. The van der Waals surface area contributed by atoms with Gasteiger partial charge in [0.05, 0.1) is 12.5 Å². The van der Waals surface area contributed by atoms with Crippen LogP contribution in [-0.2, 0) is 22.6 Å². The number of rotatable bonds is 5. The molecule has 2 aromatic rings. The van der Waals surface area contributed by atoms with Crippen LogP contribution in [0.25, 0.3) is 0 Å². The van der Waals surface area contributed by atoms with E-state index in [9.17, 15) is 9.59 Å². The van der Waals surface area contributed by atoms with E-state index in [0.29, 0.717) is 39.3 Å². The minimum atomic E-state index is -0.266. The first-order chi connectivity index (χ1) is 13.2. The Morgan fingerprint density at radius 2 is 1.81 bits per heavy atom. The minimum absolute atomic E-state index is 0.0102. The summed E-state index contributed by atoms with van der Waals surface area (Å²) < 4.78 is 10.8. The smallest absolute Gasteiger partial charge is 0.410 e. The second-order valence-electron chi connectivity index (χ2n) is 6.86. The molecule has 2 aliphatic heterocycles. The van der Waals surface area contributed by atoms with Crippen LogP contribution in [0.2, 0.25) is 0 Å². The molecular weight excluding hydrogens is 344 g/mol. The van der Waals surface area contributed by atoms with Gasteiger partial charge in [0, 0.05) is 19.6 Å². The van der Waals surface area contributed by atoms with Crippen LogP contribution >= 0.6 is 0 Å². The van der Waals surface area contributed by atoms with Crippen molar-refractivity contribution in [2.24, 2.45) is 0 Å². The summed E-state index contributed by atoms with van der Waals surface area (Å²) in [6.45, 7) is 2.54. The van der Waals surface area contributed by atoms with Gasteiger partial charge in [0.2, 0.25) is 5.91 Å². The number of cyclic esters (lactones) is 1. The van der Waals surface area contributed by atoms with Gasteiger partial charge >= 0.3 is 6.09 Å². The van der Waals surface area contributed by atoms with Crippen molar-refractivity contribution >= 4 is 12.0 Å². The van der Waals surface area contributed by atoms with Gasteiger partial charge in [-0.25, -0.2) is 4.79 Å². The Hall–Kier alpha value is -3.02. The molecule has 0 aromatic heterocycles. The summed E-state index contributed by atoms with van der Waals surface area (Å²) in [4.78, 5) is 27.7. The average molecular weight is 366 g/mol. The molecule has 2 fully saturated rings. The van der Waals surface area contributed by atoms with Gasteiger partial charge in [-0.15, -0.1) is 0 Å². The average Bonchev–Trinajstić information content (AvgIpc) is 3.08. The molecule has 2 heterocycles. The zero-order chi connectivity index (χ0) is 18.6. The van der Waals surface area contributed by atoms with Gasteiger partial charge in [-0.05, 0) is 23.3 Å². The highest BCUT2D eigenvalue weighted by Crippen LogP contribution is 2.19. The molecule has 2 saturated heterocycles. The van der Waals surface area contributed by atoms with Crippen molar-refractivity contribution in [3.63, 3.8) is 0 Å². The Morgan fingerprint density at radius 1 is 1.04 bits per heavy atom. The molecule has 4 rings (SSSR count). The van der Waals surface area contributed by atoms with Gasteiger partial charge in [-0.3, -0.25) is 9.69 Å². The second-order valence-corrected chi connectivity index (χ2v) is 6.86. The lowest BCUT2D eigenvalue weighted by Gasteiger charge is -2.35. The molecule has 0 saturated carbocycles. The first-order valence-corrected chi connectivity index (χ1v) is 9.16. The number of nitrogens with zero attached hydrogens (tertiary/aromatic N) is 2. The Bertz CT molecular complexity index is 807. The minimum Gasteiger partial charge on any atom is -0.489 e. The summed E-state index contributed by atoms with van der Waals surface area (Å²) in [5, 5.41) is 0. The Labute approximate surface area is 158 Å². The molecule has 0 bridgehead atoms. The van der Waals surface area contributed by atoms with Crippen molar-refractivity contribution in [1.82, 2.24) is 9.80 Å². The number of benzene rings is 2.